The Kier molecular flexibility index (Phi) is 5.27. The van der Waals surface area contributed by atoms with Crippen LogP contribution in [0.25, 0.3) is 5.76 Å². The van der Waals surface area contributed by atoms with E-state index in [0.717, 1.165) is 23.3 Å². The first kappa shape index (κ1) is 19.8. The van der Waals surface area contributed by atoms with Crippen molar-refractivity contribution < 1.29 is 23.8 Å². The maximum absolute atomic E-state index is 13.7. The maximum atomic E-state index is 13.7. The monoisotopic (exact) mass is 415 g/mol. The molecule has 3 heterocycles. The second kappa shape index (κ2) is 7.72. The van der Waals surface area contributed by atoms with Crippen LogP contribution in [0.3, 0.4) is 0 Å². The van der Waals surface area contributed by atoms with Crippen molar-refractivity contribution in [1.29, 1.82) is 0 Å². The summed E-state index contributed by atoms with van der Waals surface area (Å²) in [6, 6.07) is 5.40. The highest BCUT2D eigenvalue weighted by atomic mass is 32.1. The Morgan fingerprint density at radius 3 is 2.69 bits per heavy atom. The molecular weight excluding hydrogens is 393 g/mol. The summed E-state index contributed by atoms with van der Waals surface area (Å²) in [5.74, 6) is -2.04. The Morgan fingerprint density at radius 2 is 2.07 bits per heavy atom. The number of likely N-dealkylation sites (tertiary alicyclic amines) is 1. The summed E-state index contributed by atoms with van der Waals surface area (Å²) in [5.41, 5.74) is 1.66. The number of hydrogen-bond acceptors (Lipinski definition) is 5. The van der Waals surface area contributed by atoms with Crippen molar-refractivity contribution in [2.75, 3.05) is 13.2 Å². The van der Waals surface area contributed by atoms with Crippen LogP contribution in [0.4, 0.5) is 4.39 Å². The van der Waals surface area contributed by atoms with Gasteiger partial charge in [-0.05, 0) is 67.5 Å². The highest BCUT2D eigenvalue weighted by molar-refractivity contribution is 7.10. The smallest absolute Gasteiger partial charge is 0.295 e. The third kappa shape index (κ3) is 3.49. The van der Waals surface area contributed by atoms with Gasteiger partial charge in [0.25, 0.3) is 11.7 Å². The van der Waals surface area contributed by atoms with Crippen LogP contribution in [0.15, 0.2) is 35.2 Å². The van der Waals surface area contributed by atoms with Crippen LogP contribution < -0.4 is 0 Å². The molecule has 1 aromatic carbocycles. The van der Waals surface area contributed by atoms with Crippen molar-refractivity contribution in [3.05, 3.63) is 62.6 Å². The third-order valence-electron chi connectivity index (χ3n) is 5.55. The fourth-order valence-corrected chi connectivity index (χ4v) is 5.01. The molecule has 1 aromatic heterocycles. The molecule has 2 fully saturated rings. The Balaban J connectivity index is 1.83. The van der Waals surface area contributed by atoms with Crippen molar-refractivity contribution in [2.45, 2.75) is 38.8 Å². The number of Topliss-reactive ketones (excluding diaryl/α,β-unsaturated/α-hetero) is 1. The Hall–Kier alpha value is -2.51. The molecule has 5 nitrogen and oxygen atoms in total. The lowest BCUT2D eigenvalue weighted by Gasteiger charge is -2.27. The van der Waals surface area contributed by atoms with Gasteiger partial charge in [0.2, 0.25) is 0 Å². The molecule has 29 heavy (non-hydrogen) atoms. The van der Waals surface area contributed by atoms with E-state index in [-0.39, 0.29) is 17.4 Å². The molecule has 2 aliphatic heterocycles. The van der Waals surface area contributed by atoms with Gasteiger partial charge in [-0.2, -0.15) is 0 Å². The van der Waals surface area contributed by atoms with Gasteiger partial charge < -0.3 is 14.7 Å². The molecular formula is C22H22FNO4S. The number of aliphatic hydroxyl groups is 1. The summed E-state index contributed by atoms with van der Waals surface area (Å²) in [6.07, 6.45) is 1.63. The summed E-state index contributed by atoms with van der Waals surface area (Å²) in [5, 5.41) is 12.9. The number of thiophene rings is 1. The first-order chi connectivity index (χ1) is 13.9. The summed E-state index contributed by atoms with van der Waals surface area (Å²) < 4.78 is 19.4. The molecule has 2 aromatic rings. The van der Waals surface area contributed by atoms with E-state index in [1.54, 1.807) is 6.92 Å². The van der Waals surface area contributed by atoms with E-state index in [2.05, 4.69) is 0 Å². The van der Waals surface area contributed by atoms with Gasteiger partial charge in [-0.25, -0.2) is 4.39 Å². The van der Waals surface area contributed by atoms with E-state index in [1.807, 2.05) is 18.4 Å². The number of carbonyl (C=O) groups is 2. The topological polar surface area (TPSA) is 66.8 Å². The number of amides is 1. The normalized spacial score (nSPS) is 23.9. The highest BCUT2D eigenvalue weighted by Gasteiger charge is 2.47. The molecule has 2 aliphatic rings. The van der Waals surface area contributed by atoms with Gasteiger partial charge in [0.05, 0.1) is 17.7 Å². The van der Waals surface area contributed by atoms with Crippen molar-refractivity contribution in [3.63, 3.8) is 0 Å². The van der Waals surface area contributed by atoms with Crippen LogP contribution in [0.1, 0.15) is 40.5 Å². The molecule has 0 saturated carbocycles. The number of ether oxygens (including phenoxy) is 1. The van der Waals surface area contributed by atoms with Gasteiger partial charge in [0.1, 0.15) is 11.6 Å². The number of ketones is 1. The number of carbonyl (C=O) groups excluding carboxylic acids is 2. The fraction of sp³-hybridized carbons (Fsp3) is 0.364. The van der Waals surface area contributed by atoms with Gasteiger partial charge in [-0.3, -0.25) is 9.59 Å². The Bertz CT molecular complexity index is 1010. The lowest BCUT2D eigenvalue weighted by molar-refractivity contribution is -0.140. The second-order valence-electron chi connectivity index (χ2n) is 7.52. The average molecular weight is 415 g/mol. The molecule has 0 spiro atoms. The first-order valence-electron chi connectivity index (χ1n) is 9.59. The number of nitrogens with zero attached hydrogens (tertiary/aromatic N) is 1. The van der Waals surface area contributed by atoms with E-state index >= 15 is 0 Å². The summed E-state index contributed by atoms with van der Waals surface area (Å²) >= 11 is 1.44. The zero-order valence-corrected chi connectivity index (χ0v) is 17.1. The predicted octanol–water partition coefficient (Wildman–Crippen LogP) is 4.10. The van der Waals surface area contributed by atoms with Gasteiger partial charge >= 0.3 is 0 Å². The first-order valence-corrected chi connectivity index (χ1v) is 10.5. The van der Waals surface area contributed by atoms with Gasteiger partial charge in [0.15, 0.2) is 0 Å². The minimum atomic E-state index is -0.722. The minimum absolute atomic E-state index is 0.0459. The molecule has 4 rings (SSSR count). The van der Waals surface area contributed by atoms with E-state index in [9.17, 15) is 19.1 Å². The number of aryl methyl sites for hydroxylation is 2. The molecule has 152 valence electrons. The Morgan fingerprint density at radius 1 is 1.28 bits per heavy atom. The Labute approximate surface area is 172 Å². The number of rotatable bonds is 4. The van der Waals surface area contributed by atoms with Crippen LogP contribution in [0, 0.1) is 19.7 Å². The number of benzene rings is 1. The molecule has 1 amide bonds. The van der Waals surface area contributed by atoms with Gasteiger partial charge in [-0.15, -0.1) is 11.3 Å². The summed E-state index contributed by atoms with van der Waals surface area (Å²) in [7, 11) is 0. The van der Waals surface area contributed by atoms with Crippen molar-refractivity contribution in [2.24, 2.45) is 0 Å². The molecule has 0 bridgehead atoms. The van der Waals surface area contributed by atoms with Crippen molar-refractivity contribution >= 4 is 28.8 Å². The lowest BCUT2D eigenvalue weighted by atomic mass is 9.97. The van der Waals surface area contributed by atoms with Crippen molar-refractivity contribution in [1.82, 2.24) is 4.90 Å². The number of aliphatic hydroxyl groups excluding tert-OH is 1. The molecule has 2 unspecified atom stereocenters. The molecule has 1 N–H and O–H groups in total. The van der Waals surface area contributed by atoms with Crippen LogP contribution in [-0.4, -0.2) is 41.0 Å². The lowest BCUT2D eigenvalue weighted by Crippen LogP contribution is -2.36. The quantitative estimate of drug-likeness (QED) is 0.464. The zero-order valence-electron chi connectivity index (χ0n) is 16.3. The molecule has 2 saturated heterocycles. The van der Waals surface area contributed by atoms with E-state index in [1.165, 1.54) is 34.4 Å². The number of halogens is 1. The fourth-order valence-electron chi connectivity index (χ4n) is 3.96. The van der Waals surface area contributed by atoms with Crippen LogP contribution >= 0.6 is 11.3 Å². The van der Waals surface area contributed by atoms with Gasteiger partial charge in [0, 0.05) is 23.6 Å². The third-order valence-corrected chi connectivity index (χ3v) is 6.62. The van der Waals surface area contributed by atoms with Crippen LogP contribution in [0.5, 0.6) is 0 Å². The van der Waals surface area contributed by atoms with Crippen molar-refractivity contribution in [3.8, 4) is 0 Å². The van der Waals surface area contributed by atoms with Crippen LogP contribution in [0.2, 0.25) is 0 Å². The average Bonchev–Trinajstić information content (AvgIpc) is 3.41. The SMILES string of the molecule is Cc1cc(/C(O)=C2/C(=O)C(=O)N(CC3CCCO3)C2c2sccc2C)ccc1F. The second-order valence-corrected chi connectivity index (χ2v) is 8.47. The molecule has 2 atom stereocenters. The molecule has 7 heteroatoms. The summed E-state index contributed by atoms with van der Waals surface area (Å²) in [6.45, 7) is 4.45. The predicted molar refractivity (Wildman–Crippen MR) is 108 cm³/mol. The number of hydrogen-bond donors (Lipinski definition) is 1. The summed E-state index contributed by atoms with van der Waals surface area (Å²) in [4.78, 5) is 28.2. The van der Waals surface area contributed by atoms with Gasteiger partial charge in [-0.1, -0.05) is 0 Å². The van der Waals surface area contributed by atoms with E-state index < -0.39 is 23.5 Å². The minimum Gasteiger partial charge on any atom is -0.507 e. The zero-order chi connectivity index (χ0) is 20.7. The standard InChI is InChI=1S/C22H22FNO4S/c1-12-7-9-29-21(12)18-17(19(25)14-5-6-16(23)13(2)10-14)20(26)22(27)24(18)11-15-4-3-8-28-15/h5-7,9-10,15,18,25H,3-4,8,11H2,1-2H3/b19-17-. The highest BCUT2D eigenvalue weighted by Crippen LogP contribution is 2.43. The maximum Gasteiger partial charge on any atom is 0.295 e. The van der Waals surface area contributed by atoms with Crippen LogP contribution in [-0.2, 0) is 14.3 Å². The molecule has 0 radical (unpaired) electrons. The largest absolute Gasteiger partial charge is 0.507 e. The molecule has 0 aliphatic carbocycles. The van der Waals surface area contributed by atoms with E-state index in [4.69, 9.17) is 4.74 Å². The van der Waals surface area contributed by atoms with E-state index in [0.29, 0.717) is 24.3 Å².